The highest BCUT2D eigenvalue weighted by molar-refractivity contribution is 5.89. The largest absolute Gasteiger partial charge is 0.444 e. The molecule has 0 radical (unpaired) electrons. The first kappa shape index (κ1) is 19.9. The van der Waals surface area contributed by atoms with Crippen LogP contribution in [0.25, 0.3) is 0 Å². The van der Waals surface area contributed by atoms with Crippen molar-refractivity contribution in [1.29, 1.82) is 0 Å². The summed E-state index contributed by atoms with van der Waals surface area (Å²) < 4.78 is 19.2. The van der Waals surface area contributed by atoms with Gasteiger partial charge in [-0.2, -0.15) is 0 Å². The van der Waals surface area contributed by atoms with Gasteiger partial charge >= 0.3 is 6.09 Å². The van der Waals surface area contributed by atoms with Crippen molar-refractivity contribution in [1.82, 2.24) is 5.32 Å². The van der Waals surface area contributed by atoms with Gasteiger partial charge in [-0.15, -0.1) is 0 Å². The smallest absolute Gasteiger partial charge is 0.408 e. The number of ether oxygens (including phenoxy) is 1. The van der Waals surface area contributed by atoms with Crippen LogP contribution in [0.3, 0.4) is 0 Å². The summed E-state index contributed by atoms with van der Waals surface area (Å²) >= 11 is 0. The number of rotatable bonds is 4. The molecule has 1 unspecified atom stereocenters. The Morgan fingerprint density at radius 2 is 1.79 bits per heavy atom. The van der Waals surface area contributed by atoms with Crippen LogP contribution in [0, 0.1) is 5.82 Å². The monoisotopic (exact) mass is 340 g/mol. The van der Waals surface area contributed by atoms with Crippen LogP contribution in [0.5, 0.6) is 0 Å². The number of hydrogen-bond acceptors (Lipinski definition) is 4. The van der Waals surface area contributed by atoms with Gasteiger partial charge in [0.1, 0.15) is 17.5 Å². The molecule has 7 heteroatoms. The number of nitrogens with one attached hydrogen (secondary N) is 2. The first-order valence-electron chi connectivity index (χ1n) is 7.59. The van der Waals surface area contributed by atoms with E-state index in [1.54, 1.807) is 34.6 Å². The van der Waals surface area contributed by atoms with Crippen molar-refractivity contribution in [3.63, 3.8) is 0 Å². The lowest BCUT2D eigenvalue weighted by atomic mass is 9.90. The van der Waals surface area contributed by atoms with Gasteiger partial charge in [-0.05, 0) is 40.7 Å². The van der Waals surface area contributed by atoms with E-state index < -0.39 is 35.1 Å². The first-order valence-corrected chi connectivity index (χ1v) is 7.59. The molecule has 0 saturated heterocycles. The molecule has 1 aromatic rings. The average molecular weight is 340 g/mol. The Balaban J connectivity index is 3.07. The number of anilines is 1. The van der Waals surface area contributed by atoms with Crippen molar-refractivity contribution in [2.75, 3.05) is 5.32 Å². The van der Waals surface area contributed by atoms with Crippen LogP contribution in [0.4, 0.5) is 14.9 Å². The minimum atomic E-state index is -1.28. The summed E-state index contributed by atoms with van der Waals surface area (Å²) in [6, 6.07) is 4.08. The molecule has 0 fully saturated rings. The van der Waals surface area contributed by atoms with E-state index in [0.717, 1.165) is 0 Å². The van der Waals surface area contributed by atoms with E-state index in [1.165, 1.54) is 25.1 Å². The van der Waals surface area contributed by atoms with Crippen LogP contribution in [-0.4, -0.2) is 28.2 Å². The zero-order valence-electron chi connectivity index (χ0n) is 14.9. The quantitative estimate of drug-likeness (QED) is 0.786. The maximum atomic E-state index is 14.0. The molecule has 0 bridgehead atoms. The molecule has 3 N–H and O–H groups in total. The highest BCUT2D eigenvalue weighted by Crippen LogP contribution is 2.32. The lowest BCUT2D eigenvalue weighted by Crippen LogP contribution is -2.49. The molecule has 1 atom stereocenters. The fourth-order valence-electron chi connectivity index (χ4n) is 2.10. The summed E-state index contributed by atoms with van der Waals surface area (Å²) in [7, 11) is 0. The van der Waals surface area contributed by atoms with Crippen molar-refractivity contribution in [3.8, 4) is 0 Å². The molecule has 0 aliphatic carbocycles. The van der Waals surface area contributed by atoms with Crippen molar-refractivity contribution in [2.24, 2.45) is 0 Å². The van der Waals surface area contributed by atoms with Crippen molar-refractivity contribution in [2.45, 2.75) is 58.8 Å². The highest BCUT2D eigenvalue weighted by Gasteiger charge is 2.34. The number of para-hydroxylation sites is 1. The molecule has 6 nitrogen and oxygen atoms in total. The number of aliphatic hydroxyl groups is 1. The standard InChI is InChI=1S/C17H25FN2O4/c1-10(21)19-13-11(8-7-9-12(13)18)14(22)17(5,6)20-15(23)24-16(2,3)4/h7-9,14,22H,1-6H3,(H,19,21)(H,20,23). The fourth-order valence-corrected chi connectivity index (χ4v) is 2.10. The Morgan fingerprint density at radius 1 is 1.21 bits per heavy atom. The molecule has 0 saturated carbocycles. The van der Waals surface area contributed by atoms with Crippen LogP contribution in [0.1, 0.15) is 53.2 Å². The number of benzene rings is 1. The summed E-state index contributed by atoms with van der Waals surface area (Å²) in [6.45, 7) is 9.55. The molecule has 24 heavy (non-hydrogen) atoms. The normalized spacial score (nSPS) is 13.2. The van der Waals surface area contributed by atoms with E-state index in [0.29, 0.717) is 0 Å². The number of alkyl carbamates (subject to hydrolysis) is 1. The molecule has 0 aromatic heterocycles. The van der Waals surface area contributed by atoms with Crippen molar-refractivity contribution in [3.05, 3.63) is 29.6 Å². The predicted molar refractivity (Wildman–Crippen MR) is 89.1 cm³/mol. The third-order valence-electron chi connectivity index (χ3n) is 3.15. The van der Waals surface area contributed by atoms with Gasteiger partial charge in [0.05, 0.1) is 11.2 Å². The summed E-state index contributed by atoms with van der Waals surface area (Å²) in [5.41, 5.74) is -1.81. The van der Waals surface area contributed by atoms with Crippen LogP contribution in [0.2, 0.25) is 0 Å². The molecule has 1 rings (SSSR count). The number of carbonyl (C=O) groups excluding carboxylic acids is 2. The second kappa shape index (κ2) is 7.17. The maximum absolute atomic E-state index is 14.0. The van der Waals surface area contributed by atoms with E-state index >= 15 is 0 Å². The summed E-state index contributed by atoms with van der Waals surface area (Å²) in [4.78, 5) is 23.2. The number of carbonyl (C=O) groups is 2. The first-order chi connectivity index (χ1) is 10.8. The summed E-state index contributed by atoms with van der Waals surface area (Å²) in [5, 5.41) is 15.6. The minimum absolute atomic E-state index is 0.114. The topological polar surface area (TPSA) is 87.7 Å². The molecule has 0 spiro atoms. The SMILES string of the molecule is CC(=O)Nc1c(F)cccc1C(O)C(C)(C)NC(=O)OC(C)(C)C. The Bertz CT molecular complexity index is 624. The molecule has 0 heterocycles. The Hall–Kier alpha value is -2.15. The molecule has 2 amide bonds. The number of hydrogen-bond donors (Lipinski definition) is 3. The van der Waals surface area contributed by atoms with Crippen LogP contribution in [0.15, 0.2) is 18.2 Å². The fraction of sp³-hybridized carbons (Fsp3) is 0.529. The second-order valence-electron chi connectivity index (χ2n) is 7.14. The van der Waals surface area contributed by atoms with Gasteiger partial charge in [0, 0.05) is 12.5 Å². The second-order valence-corrected chi connectivity index (χ2v) is 7.14. The molecule has 1 aromatic carbocycles. The molecule has 0 aliphatic rings. The van der Waals surface area contributed by atoms with Gasteiger partial charge in [0.15, 0.2) is 0 Å². The van der Waals surface area contributed by atoms with Crippen molar-refractivity contribution < 1.29 is 23.8 Å². The third kappa shape index (κ3) is 5.49. The van der Waals surface area contributed by atoms with Crippen molar-refractivity contribution >= 4 is 17.7 Å². The Kier molecular flexibility index (Phi) is 5.94. The lowest BCUT2D eigenvalue weighted by molar-refractivity contribution is -0.114. The summed E-state index contributed by atoms with van der Waals surface area (Å²) in [5.74, 6) is -1.14. The number of aliphatic hydroxyl groups excluding tert-OH is 1. The zero-order chi connectivity index (χ0) is 18.7. The average Bonchev–Trinajstić information content (AvgIpc) is 2.36. The predicted octanol–water partition coefficient (Wildman–Crippen LogP) is 3.12. The molecular formula is C17H25FN2O4. The van der Waals surface area contributed by atoms with Crippen LogP contribution < -0.4 is 10.6 Å². The maximum Gasteiger partial charge on any atom is 0.408 e. The zero-order valence-corrected chi connectivity index (χ0v) is 14.9. The number of amides is 2. The van der Waals surface area contributed by atoms with E-state index in [4.69, 9.17) is 4.74 Å². The lowest BCUT2D eigenvalue weighted by Gasteiger charge is -2.33. The number of halogens is 1. The van der Waals surface area contributed by atoms with Crippen LogP contribution >= 0.6 is 0 Å². The van der Waals surface area contributed by atoms with Gasteiger partial charge in [0.25, 0.3) is 0 Å². The Labute approximate surface area is 141 Å². The highest BCUT2D eigenvalue weighted by atomic mass is 19.1. The Morgan fingerprint density at radius 3 is 2.29 bits per heavy atom. The molecular weight excluding hydrogens is 315 g/mol. The van der Waals surface area contributed by atoms with Gasteiger partial charge in [-0.25, -0.2) is 9.18 Å². The summed E-state index contributed by atoms with van der Waals surface area (Å²) in [6.07, 6.45) is -1.98. The van der Waals surface area contributed by atoms with E-state index in [2.05, 4.69) is 10.6 Å². The van der Waals surface area contributed by atoms with Crippen LogP contribution in [-0.2, 0) is 9.53 Å². The molecule has 134 valence electrons. The van der Waals surface area contributed by atoms with Gasteiger partial charge < -0.3 is 20.5 Å². The van der Waals surface area contributed by atoms with Gasteiger partial charge in [-0.3, -0.25) is 4.79 Å². The van der Waals surface area contributed by atoms with E-state index in [1.807, 2.05) is 0 Å². The van der Waals surface area contributed by atoms with E-state index in [9.17, 15) is 19.1 Å². The third-order valence-corrected chi connectivity index (χ3v) is 3.15. The van der Waals surface area contributed by atoms with E-state index in [-0.39, 0.29) is 11.3 Å². The van der Waals surface area contributed by atoms with Gasteiger partial charge in [-0.1, -0.05) is 12.1 Å². The minimum Gasteiger partial charge on any atom is -0.444 e. The van der Waals surface area contributed by atoms with Gasteiger partial charge in [0.2, 0.25) is 5.91 Å². The molecule has 0 aliphatic heterocycles.